The zero-order chi connectivity index (χ0) is 14.1. The molecular formula is C16H15IrNO2. The molecule has 0 fully saturated rings. The molecule has 0 aliphatic rings. The normalized spacial score (nSPS) is 9.40. The van der Waals surface area contributed by atoms with Crippen molar-refractivity contribution in [2.75, 3.05) is 0 Å². The number of pyridine rings is 1. The minimum atomic E-state index is -0.250. The molecule has 2 rings (SSSR count). The summed E-state index contributed by atoms with van der Waals surface area (Å²) in [6, 6.07) is 16.8. The van der Waals surface area contributed by atoms with Crippen LogP contribution in [0.1, 0.15) is 13.8 Å². The second kappa shape index (κ2) is 9.99. The largest absolute Gasteiger partial charge is 0.472 e. The average molecular weight is 446 g/mol. The van der Waals surface area contributed by atoms with Crippen molar-refractivity contribution in [3.8, 4) is 11.3 Å². The van der Waals surface area contributed by atoms with Crippen LogP contribution in [0.5, 0.6) is 0 Å². The average Bonchev–Trinajstić information content (AvgIpc) is 2.40. The predicted molar refractivity (Wildman–Crippen MR) is 74.2 cm³/mol. The van der Waals surface area contributed by atoms with Crippen molar-refractivity contribution in [3.63, 3.8) is 0 Å². The van der Waals surface area contributed by atoms with E-state index in [0.717, 1.165) is 11.3 Å². The number of aromatic nitrogens is 1. The van der Waals surface area contributed by atoms with Gasteiger partial charge in [0.15, 0.2) is 0 Å². The summed E-state index contributed by atoms with van der Waals surface area (Å²) in [7, 11) is 0. The SMILES string of the molecule is CC(=O)[C+]=C(C)O.[Ir].[c-]1ccccc1-c1ccccn1. The summed E-state index contributed by atoms with van der Waals surface area (Å²) >= 11 is 0. The van der Waals surface area contributed by atoms with Crippen LogP contribution in [0.15, 0.2) is 54.4 Å². The van der Waals surface area contributed by atoms with Crippen LogP contribution in [-0.2, 0) is 24.9 Å². The smallest absolute Gasteiger partial charge is 0.392 e. The van der Waals surface area contributed by atoms with E-state index in [0.29, 0.717) is 0 Å². The van der Waals surface area contributed by atoms with E-state index in [-0.39, 0.29) is 31.6 Å². The van der Waals surface area contributed by atoms with E-state index < -0.39 is 0 Å². The number of carbonyl (C=O) groups is 1. The Morgan fingerprint density at radius 1 is 1.20 bits per heavy atom. The first kappa shape index (κ1) is 18.1. The van der Waals surface area contributed by atoms with Gasteiger partial charge in [-0.05, 0) is 11.8 Å². The van der Waals surface area contributed by atoms with Crippen molar-refractivity contribution in [2.45, 2.75) is 13.8 Å². The van der Waals surface area contributed by atoms with Gasteiger partial charge in [0.1, 0.15) is 0 Å². The van der Waals surface area contributed by atoms with E-state index in [2.05, 4.69) is 17.1 Å². The van der Waals surface area contributed by atoms with Gasteiger partial charge in [0.25, 0.3) is 0 Å². The van der Waals surface area contributed by atoms with Crippen LogP contribution in [-0.4, -0.2) is 15.9 Å². The fourth-order valence-electron chi connectivity index (χ4n) is 1.33. The third-order valence-electron chi connectivity index (χ3n) is 2.01. The number of carbonyl (C=O) groups excluding carboxylic acids is 1. The number of aliphatic hydroxyl groups excluding tert-OH is 1. The molecule has 0 aliphatic carbocycles. The molecule has 1 aromatic heterocycles. The number of benzene rings is 1. The molecule has 0 atom stereocenters. The van der Waals surface area contributed by atoms with Gasteiger partial charge >= 0.3 is 17.6 Å². The first-order chi connectivity index (χ1) is 9.09. The van der Waals surface area contributed by atoms with E-state index in [1.165, 1.54) is 13.8 Å². The summed E-state index contributed by atoms with van der Waals surface area (Å²) in [5, 5.41) is 8.31. The maximum absolute atomic E-state index is 9.96. The summed E-state index contributed by atoms with van der Waals surface area (Å²) in [4.78, 5) is 14.2. The molecule has 4 heteroatoms. The van der Waals surface area contributed by atoms with Crippen molar-refractivity contribution in [3.05, 3.63) is 66.6 Å². The maximum Gasteiger partial charge on any atom is 0.392 e. The van der Waals surface area contributed by atoms with Gasteiger partial charge in [-0.2, -0.15) is 0 Å². The number of hydrogen-bond donors (Lipinski definition) is 1. The number of Topliss-reactive ketones (excluding diaryl/α,β-unsaturated/α-hetero) is 1. The first-order valence-corrected chi connectivity index (χ1v) is 5.78. The van der Waals surface area contributed by atoms with Crippen LogP contribution in [0.4, 0.5) is 0 Å². The molecule has 105 valence electrons. The predicted octanol–water partition coefficient (Wildman–Crippen LogP) is 3.39. The van der Waals surface area contributed by atoms with E-state index in [1.54, 1.807) is 6.20 Å². The van der Waals surface area contributed by atoms with Crippen molar-refractivity contribution in [1.29, 1.82) is 0 Å². The Bertz CT molecular complexity index is 497. The molecule has 0 saturated carbocycles. The molecule has 0 spiro atoms. The van der Waals surface area contributed by atoms with Gasteiger partial charge in [0.2, 0.25) is 0 Å². The molecule has 0 unspecified atom stereocenters. The fraction of sp³-hybridized carbons (Fsp3) is 0.125. The Kier molecular flexibility index (Phi) is 9.06. The second-order valence-electron chi connectivity index (χ2n) is 3.76. The quantitative estimate of drug-likeness (QED) is 0.438. The van der Waals surface area contributed by atoms with Gasteiger partial charge in [-0.3, -0.25) is 0 Å². The Hall–Kier alpha value is -1.86. The van der Waals surface area contributed by atoms with Crippen LogP contribution >= 0.6 is 0 Å². The van der Waals surface area contributed by atoms with Gasteiger partial charge in [-0.25, -0.2) is 4.79 Å². The first-order valence-electron chi connectivity index (χ1n) is 5.78. The number of aliphatic hydroxyl groups is 1. The summed E-state index contributed by atoms with van der Waals surface area (Å²) in [6.07, 6.45) is 3.93. The zero-order valence-corrected chi connectivity index (χ0v) is 13.6. The third-order valence-corrected chi connectivity index (χ3v) is 2.01. The monoisotopic (exact) mass is 446 g/mol. The van der Waals surface area contributed by atoms with Crippen molar-refractivity contribution >= 4 is 5.78 Å². The van der Waals surface area contributed by atoms with Gasteiger partial charge in [0, 0.05) is 33.2 Å². The minimum Gasteiger partial charge on any atom is -0.472 e. The molecule has 3 nitrogen and oxygen atoms in total. The summed E-state index contributed by atoms with van der Waals surface area (Å²) < 4.78 is 0. The minimum absolute atomic E-state index is 0. The fourth-order valence-corrected chi connectivity index (χ4v) is 1.33. The number of nitrogens with zero attached hydrogens (tertiary/aromatic N) is 1. The molecule has 1 heterocycles. The van der Waals surface area contributed by atoms with E-state index in [4.69, 9.17) is 5.11 Å². The third kappa shape index (κ3) is 7.55. The molecule has 0 saturated heterocycles. The van der Waals surface area contributed by atoms with Gasteiger partial charge in [0.05, 0.1) is 6.92 Å². The van der Waals surface area contributed by atoms with E-state index in [1.807, 2.05) is 42.5 Å². The maximum atomic E-state index is 9.96. The summed E-state index contributed by atoms with van der Waals surface area (Å²) in [5.74, 6) is -0.312. The Morgan fingerprint density at radius 3 is 2.30 bits per heavy atom. The molecule has 2 aromatic rings. The Balaban J connectivity index is 0.000000396. The molecule has 1 radical (unpaired) electrons. The van der Waals surface area contributed by atoms with E-state index in [9.17, 15) is 4.79 Å². The van der Waals surface area contributed by atoms with Crippen LogP contribution in [0.25, 0.3) is 11.3 Å². The zero-order valence-electron chi connectivity index (χ0n) is 11.3. The molecule has 0 aliphatic heterocycles. The molecule has 1 N–H and O–H groups in total. The van der Waals surface area contributed by atoms with E-state index >= 15 is 0 Å². The van der Waals surface area contributed by atoms with Crippen molar-refractivity contribution in [1.82, 2.24) is 4.98 Å². The second-order valence-corrected chi connectivity index (χ2v) is 3.76. The van der Waals surface area contributed by atoms with Gasteiger partial charge in [-0.15, -0.1) is 35.9 Å². The number of rotatable bonds is 2. The van der Waals surface area contributed by atoms with Crippen LogP contribution in [0.2, 0.25) is 0 Å². The molecule has 0 amide bonds. The van der Waals surface area contributed by atoms with Crippen LogP contribution < -0.4 is 0 Å². The van der Waals surface area contributed by atoms with Crippen molar-refractivity contribution in [2.24, 2.45) is 0 Å². The summed E-state index contributed by atoms with van der Waals surface area (Å²) in [6.45, 7) is 2.74. The molecule has 20 heavy (non-hydrogen) atoms. The summed E-state index contributed by atoms with van der Waals surface area (Å²) in [5.41, 5.74) is 2.01. The van der Waals surface area contributed by atoms with Crippen molar-refractivity contribution < 1.29 is 30.0 Å². The Morgan fingerprint density at radius 2 is 1.90 bits per heavy atom. The standard InChI is InChI=1S/C11H8N.C5H6O2.Ir/c1-2-6-10(7-3-1)11-8-4-5-9-12-11;1-4(6)3-5(2)7;/h1-6,8-9H;1-2H3;/q-1;;/p+1. The molecular weight excluding hydrogens is 430 g/mol. The van der Waals surface area contributed by atoms with Gasteiger partial charge in [-0.1, -0.05) is 12.1 Å². The topological polar surface area (TPSA) is 50.2 Å². The van der Waals surface area contributed by atoms with Crippen LogP contribution in [0, 0.1) is 12.1 Å². The number of allylic oxidation sites excluding steroid dienone is 2. The Labute approximate surface area is 132 Å². The number of hydrogen-bond acceptors (Lipinski definition) is 3. The van der Waals surface area contributed by atoms with Crippen LogP contribution in [0.3, 0.4) is 0 Å². The molecule has 1 aromatic carbocycles. The number of ketones is 1. The molecule has 0 bridgehead atoms. The van der Waals surface area contributed by atoms with Gasteiger partial charge < -0.3 is 10.1 Å².